The number of halogens is 2. The number of allylic oxidation sites excluding steroid dienone is 1. The Morgan fingerprint density at radius 2 is 2.08 bits per heavy atom. The Morgan fingerprint density at radius 1 is 1.36 bits per heavy atom. The van der Waals surface area contributed by atoms with E-state index in [1.54, 1.807) is 18.2 Å². The van der Waals surface area contributed by atoms with Gasteiger partial charge in [-0.15, -0.1) is 0 Å². The summed E-state index contributed by atoms with van der Waals surface area (Å²) in [7, 11) is 0. The quantitative estimate of drug-likeness (QED) is 0.873. The third-order valence-corrected chi connectivity index (χ3v) is 5.25. The number of benzene rings is 1. The molecule has 0 saturated carbocycles. The average Bonchev–Trinajstić information content (AvgIpc) is 3.06. The molecule has 25 heavy (non-hydrogen) atoms. The highest BCUT2D eigenvalue weighted by Gasteiger charge is 2.32. The van der Waals surface area contributed by atoms with Crippen molar-refractivity contribution in [2.75, 3.05) is 13.2 Å². The first kappa shape index (κ1) is 17.9. The molecular weight excluding hydrogens is 361 g/mol. The summed E-state index contributed by atoms with van der Waals surface area (Å²) in [5.41, 5.74) is 1.41. The van der Waals surface area contributed by atoms with Crippen LogP contribution in [0.5, 0.6) is 0 Å². The number of aliphatic hydroxyl groups is 1. The Balaban J connectivity index is 1.98. The van der Waals surface area contributed by atoms with Crippen LogP contribution in [0, 0.1) is 11.3 Å². The minimum atomic E-state index is -0.255. The molecule has 0 spiro atoms. The molecule has 2 aliphatic rings. The maximum absolute atomic E-state index is 12.4. The molecule has 7 heteroatoms. The number of carbonyl (C=O) groups is 1. The molecule has 1 aromatic carbocycles. The molecule has 0 unspecified atom stereocenters. The van der Waals surface area contributed by atoms with Gasteiger partial charge in [0.05, 0.1) is 19.1 Å². The minimum Gasteiger partial charge on any atom is -0.394 e. The van der Waals surface area contributed by atoms with Crippen LogP contribution < -0.4 is 0 Å². The lowest BCUT2D eigenvalue weighted by Gasteiger charge is -2.28. The molecular formula is C18H17Cl2N3O2. The molecule has 2 aliphatic heterocycles. The summed E-state index contributed by atoms with van der Waals surface area (Å²) >= 11 is 12.4. The number of hydrogen-bond acceptors (Lipinski definition) is 5. The molecule has 1 atom stereocenters. The van der Waals surface area contributed by atoms with Gasteiger partial charge in [0, 0.05) is 28.7 Å². The van der Waals surface area contributed by atoms with Crippen LogP contribution in [0.1, 0.15) is 24.8 Å². The number of aliphatic imine (C=N–C) groups is 1. The second-order valence-corrected chi connectivity index (χ2v) is 6.95. The third kappa shape index (κ3) is 3.57. The fourth-order valence-corrected chi connectivity index (χ4v) is 3.81. The smallest absolute Gasteiger partial charge is 0.182 e. The van der Waals surface area contributed by atoms with Crippen molar-refractivity contribution in [1.82, 2.24) is 4.90 Å². The van der Waals surface area contributed by atoms with Gasteiger partial charge >= 0.3 is 0 Å². The van der Waals surface area contributed by atoms with Crippen molar-refractivity contribution >= 4 is 34.7 Å². The first-order valence-corrected chi connectivity index (χ1v) is 8.85. The summed E-state index contributed by atoms with van der Waals surface area (Å²) < 4.78 is 0. The van der Waals surface area contributed by atoms with Crippen LogP contribution in [0.2, 0.25) is 10.0 Å². The van der Waals surface area contributed by atoms with E-state index >= 15 is 0 Å². The lowest BCUT2D eigenvalue weighted by Crippen LogP contribution is -2.35. The predicted octanol–water partition coefficient (Wildman–Crippen LogP) is 3.14. The number of Topliss-reactive ketones (excluding diaryl/α,β-unsaturated/α-hetero) is 1. The van der Waals surface area contributed by atoms with Gasteiger partial charge in [0.1, 0.15) is 17.5 Å². The molecule has 0 bridgehead atoms. The second-order valence-electron chi connectivity index (χ2n) is 6.14. The molecule has 0 amide bonds. The molecule has 0 radical (unpaired) electrons. The molecule has 5 nitrogen and oxygen atoms in total. The van der Waals surface area contributed by atoms with Crippen LogP contribution in [0.15, 0.2) is 34.6 Å². The molecule has 2 heterocycles. The van der Waals surface area contributed by atoms with Crippen molar-refractivity contribution in [3.8, 4) is 6.07 Å². The third-order valence-electron chi connectivity index (χ3n) is 4.55. The standard InChI is InChI=1S/C18H17Cl2N3O2/c19-15-4-1-5-16(20)13(15)7-11-8-17(25)14(9-21)18(22-11)23-6-2-3-12(23)10-24/h1,4-5,12,24H,2-3,6-8,10H2/t12-/m0/s1. The zero-order chi connectivity index (χ0) is 18.0. The summed E-state index contributed by atoms with van der Waals surface area (Å²) in [6.07, 6.45) is 2.13. The van der Waals surface area contributed by atoms with Crippen molar-refractivity contribution in [2.45, 2.75) is 31.7 Å². The minimum absolute atomic E-state index is 0.0302. The van der Waals surface area contributed by atoms with Crippen LogP contribution in [0.3, 0.4) is 0 Å². The second kappa shape index (κ2) is 7.57. The predicted molar refractivity (Wildman–Crippen MR) is 96.7 cm³/mol. The van der Waals surface area contributed by atoms with Gasteiger partial charge in [0.15, 0.2) is 5.78 Å². The topological polar surface area (TPSA) is 76.7 Å². The first-order chi connectivity index (χ1) is 12.0. The fraction of sp³-hybridized carbons (Fsp3) is 0.389. The Bertz CT molecular complexity index is 791. The van der Waals surface area contributed by atoms with Crippen molar-refractivity contribution in [2.24, 2.45) is 4.99 Å². The number of nitrogens with zero attached hydrogens (tertiary/aromatic N) is 3. The number of rotatable bonds is 4. The van der Waals surface area contributed by atoms with Crippen LogP contribution >= 0.6 is 23.2 Å². The van der Waals surface area contributed by atoms with Gasteiger partial charge < -0.3 is 10.0 Å². The summed E-state index contributed by atoms with van der Waals surface area (Å²) in [4.78, 5) is 18.9. The number of nitriles is 1. The molecule has 3 rings (SSSR count). The first-order valence-electron chi connectivity index (χ1n) is 8.09. The van der Waals surface area contributed by atoms with Crippen molar-refractivity contribution in [3.63, 3.8) is 0 Å². The molecule has 1 saturated heterocycles. The highest BCUT2D eigenvalue weighted by Crippen LogP contribution is 2.30. The average molecular weight is 378 g/mol. The van der Waals surface area contributed by atoms with E-state index in [1.807, 2.05) is 11.0 Å². The maximum Gasteiger partial charge on any atom is 0.182 e. The van der Waals surface area contributed by atoms with Crippen molar-refractivity contribution in [1.29, 1.82) is 5.26 Å². The molecule has 0 aliphatic carbocycles. The SMILES string of the molecule is N#CC1=C(N2CCC[C@H]2CO)N=C(Cc2c(Cl)cccc2Cl)CC1=O. The van der Waals surface area contributed by atoms with E-state index in [1.165, 1.54) is 0 Å². The molecule has 1 N–H and O–H groups in total. The largest absolute Gasteiger partial charge is 0.394 e. The van der Waals surface area contributed by atoms with E-state index in [-0.39, 0.29) is 30.4 Å². The van der Waals surface area contributed by atoms with E-state index in [4.69, 9.17) is 23.2 Å². The van der Waals surface area contributed by atoms with E-state index in [0.717, 1.165) is 18.4 Å². The molecule has 1 fully saturated rings. The number of likely N-dealkylation sites (tertiary alicyclic amines) is 1. The summed E-state index contributed by atoms with van der Waals surface area (Å²) in [6, 6.07) is 7.12. The summed E-state index contributed by atoms with van der Waals surface area (Å²) in [5, 5.41) is 20.0. The van der Waals surface area contributed by atoms with E-state index in [0.29, 0.717) is 34.5 Å². The van der Waals surface area contributed by atoms with Gasteiger partial charge in [-0.1, -0.05) is 29.3 Å². The van der Waals surface area contributed by atoms with E-state index in [2.05, 4.69) is 4.99 Å². The highest BCUT2D eigenvalue weighted by molar-refractivity contribution is 6.36. The van der Waals surface area contributed by atoms with Crippen LogP contribution in [0.4, 0.5) is 0 Å². The van der Waals surface area contributed by atoms with Gasteiger partial charge in [-0.3, -0.25) is 4.79 Å². The van der Waals surface area contributed by atoms with Gasteiger partial charge in [-0.05, 0) is 30.5 Å². The number of hydrogen-bond donors (Lipinski definition) is 1. The van der Waals surface area contributed by atoms with E-state index < -0.39 is 0 Å². The normalized spacial score (nSPS) is 20.7. The lowest BCUT2D eigenvalue weighted by atomic mass is 9.98. The zero-order valence-corrected chi connectivity index (χ0v) is 15.0. The van der Waals surface area contributed by atoms with Crippen molar-refractivity contribution < 1.29 is 9.90 Å². The van der Waals surface area contributed by atoms with Gasteiger partial charge in [0.25, 0.3) is 0 Å². The van der Waals surface area contributed by atoms with Crippen LogP contribution in [-0.4, -0.2) is 40.7 Å². The Labute approximate surface area is 156 Å². The maximum atomic E-state index is 12.4. The van der Waals surface area contributed by atoms with Crippen LogP contribution in [-0.2, 0) is 11.2 Å². The monoisotopic (exact) mass is 377 g/mol. The lowest BCUT2D eigenvalue weighted by molar-refractivity contribution is -0.114. The van der Waals surface area contributed by atoms with Gasteiger partial charge in [0.2, 0.25) is 0 Å². The van der Waals surface area contributed by atoms with Crippen molar-refractivity contribution in [3.05, 3.63) is 45.2 Å². The number of carbonyl (C=O) groups excluding carboxylic acids is 1. The molecule has 0 aromatic heterocycles. The fourth-order valence-electron chi connectivity index (χ4n) is 3.28. The summed E-state index contributed by atoms with van der Waals surface area (Å²) in [6.45, 7) is 0.639. The Morgan fingerprint density at radius 3 is 2.72 bits per heavy atom. The van der Waals surface area contributed by atoms with Crippen LogP contribution in [0.25, 0.3) is 0 Å². The number of aliphatic hydroxyl groups excluding tert-OH is 1. The van der Waals surface area contributed by atoms with Gasteiger partial charge in [-0.25, -0.2) is 4.99 Å². The molecule has 130 valence electrons. The Hall–Kier alpha value is -1.87. The van der Waals surface area contributed by atoms with E-state index in [9.17, 15) is 15.2 Å². The Kier molecular flexibility index (Phi) is 5.43. The number of ketones is 1. The molecule has 1 aromatic rings. The van der Waals surface area contributed by atoms with Gasteiger partial charge in [-0.2, -0.15) is 5.26 Å². The zero-order valence-electron chi connectivity index (χ0n) is 13.5. The summed E-state index contributed by atoms with van der Waals surface area (Å²) in [5.74, 6) is 0.114. The highest BCUT2D eigenvalue weighted by atomic mass is 35.5.